The van der Waals surface area contributed by atoms with E-state index in [1.165, 1.54) is 10.9 Å². The first-order chi connectivity index (χ1) is 7.45. The molecule has 0 aliphatic carbocycles. The van der Waals surface area contributed by atoms with E-state index in [9.17, 15) is 13.2 Å². The molecular weight excluding hydrogens is 219 g/mol. The summed E-state index contributed by atoms with van der Waals surface area (Å²) in [6.07, 6.45) is -2.22. The molecule has 0 fully saturated rings. The van der Waals surface area contributed by atoms with Gasteiger partial charge in [0.1, 0.15) is 0 Å². The molecule has 1 heterocycles. The van der Waals surface area contributed by atoms with Crippen molar-refractivity contribution in [3.63, 3.8) is 0 Å². The molecule has 1 aromatic rings. The highest BCUT2D eigenvalue weighted by molar-refractivity contribution is 5.03. The highest BCUT2D eigenvalue weighted by Gasteiger charge is 2.33. The van der Waals surface area contributed by atoms with Crippen molar-refractivity contribution in [1.29, 1.82) is 0 Å². The molecule has 1 N–H and O–H groups in total. The van der Waals surface area contributed by atoms with E-state index in [0.717, 1.165) is 25.6 Å². The lowest BCUT2D eigenvalue weighted by Crippen LogP contribution is -2.19. The lowest BCUT2D eigenvalue weighted by atomic mass is 10.2. The van der Waals surface area contributed by atoms with Crippen LogP contribution < -0.4 is 5.32 Å². The van der Waals surface area contributed by atoms with E-state index in [0.29, 0.717) is 0 Å². The number of rotatable bonds is 5. The van der Waals surface area contributed by atoms with E-state index in [2.05, 4.69) is 10.4 Å². The van der Waals surface area contributed by atoms with Crippen molar-refractivity contribution < 1.29 is 13.2 Å². The molecule has 3 nitrogen and oxygen atoms in total. The van der Waals surface area contributed by atoms with E-state index in [4.69, 9.17) is 0 Å². The Morgan fingerprint density at radius 2 is 2.19 bits per heavy atom. The van der Waals surface area contributed by atoms with Gasteiger partial charge in [0.25, 0.3) is 0 Å². The molecule has 0 saturated heterocycles. The van der Waals surface area contributed by atoms with Gasteiger partial charge in [0, 0.05) is 6.20 Å². The number of nitrogens with one attached hydrogen (secondary N) is 1. The number of alkyl halides is 3. The minimum Gasteiger partial charge on any atom is -0.317 e. The second-order valence-electron chi connectivity index (χ2n) is 3.67. The normalized spacial score (nSPS) is 14.1. The third-order valence-corrected chi connectivity index (χ3v) is 2.34. The van der Waals surface area contributed by atoms with Gasteiger partial charge in [-0.1, -0.05) is 6.92 Å². The summed E-state index contributed by atoms with van der Waals surface area (Å²) in [4.78, 5) is 0. The molecule has 16 heavy (non-hydrogen) atoms. The van der Waals surface area contributed by atoms with E-state index in [1.807, 2.05) is 13.8 Å². The minimum atomic E-state index is -4.35. The Bertz CT molecular complexity index is 319. The molecule has 0 amide bonds. The van der Waals surface area contributed by atoms with Gasteiger partial charge < -0.3 is 5.32 Å². The summed E-state index contributed by atoms with van der Waals surface area (Å²) in [6, 6.07) is 0.971. The van der Waals surface area contributed by atoms with Crippen molar-refractivity contribution in [3.05, 3.63) is 18.0 Å². The van der Waals surface area contributed by atoms with Gasteiger partial charge in [0.15, 0.2) is 5.69 Å². The quantitative estimate of drug-likeness (QED) is 0.794. The smallest absolute Gasteiger partial charge is 0.317 e. The average molecular weight is 235 g/mol. The summed E-state index contributed by atoms with van der Waals surface area (Å²) in [5, 5.41) is 6.65. The van der Waals surface area contributed by atoms with Crippen LogP contribution >= 0.6 is 0 Å². The predicted molar refractivity (Wildman–Crippen MR) is 55.1 cm³/mol. The first kappa shape index (κ1) is 13.0. The zero-order valence-electron chi connectivity index (χ0n) is 9.38. The van der Waals surface area contributed by atoms with Crippen molar-refractivity contribution in [3.8, 4) is 0 Å². The Morgan fingerprint density at radius 1 is 1.50 bits per heavy atom. The van der Waals surface area contributed by atoms with Crippen LogP contribution in [0.15, 0.2) is 12.3 Å². The van der Waals surface area contributed by atoms with E-state index in [-0.39, 0.29) is 6.04 Å². The van der Waals surface area contributed by atoms with Gasteiger partial charge in [-0.3, -0.25) is 4.68 Å². The van der Waals surface area contributed by atoms with Crippen LogP contribution in [0.25, 0.3) is 0 Å². The Morgan fingerprint density at radius 3 is 2.69 bits per heavy atom. The molecule has 1 rings (SSSR count). The van der Waals surface area contributed by atoms with Crippen LogP contribution in [0.2, 0.25) is 0 Å². The number of halogens is 3. The van der Waals surface area contributed by atoms with Gasteiger partial charge in [0.2, 0.25) is 0 Å². The summed E-state index contributed by atoms with van der Waals surface area (Å²) in [5.41, 5.74) is -0.831. The van der Waals surface area contributed by atoms with Crippen LogP contribution in [-0.4, -0.2) is 22.9 Å². The molecule has 1 atom stereocenters. The van der Waals surface area contributed by atoms with Gasteiger partial charge in [-0.15, -0.1) is 0 Å². The topological polar surface area (TPSA) is 29.9 Å². The zero-order chi connectivity index (χ0) is 12.2. The van der Waals surface area contributed by atoms with E-state index >= 15 is 0 Å². The molecule has 0 spiro atoms. The van der Waals surface area contributed by atoms with Crippen LogP contribution in [0.1, 0.15) is 32.0 Å². The maximum Gasteiger partial charge on any atom is 0.435 e. The second-order valence-corrected chi connectivity index (χ2v) is 3.67. The molecule has 0 aliphatic rings. The van der Waals surface area contributed by atoms with Crippen LogP contribution in [0.4, 0.5) is 13.2 Å². The number of hydrogen-bond acceptors (Lipinski definition) is 2. The fourth-order valence-electron chi connectivity index (χ4n) is 1.35. The molecule has 0 aliphatic heterocycles. The standard InChI is InChI=1S/C10H16F3N3/c1-3-14-6-4-8(2)16-7-5-9(15-16)10(11,12)13/h5,7-8,14H,3-4,6H2,1-2H3. The molecule has 1 unspecified atom stereocenters. The summed E-state index contributed by atoms with van der Waals surface area (Å²) < 4.78 is 38.2. The fourth-order valence-corrected chi connectivity index (χ4v) is 1.35. The first-order valence-electron chi connectivity index (χ1n) is 5.28. The molecule has 0 aromatic carbocycles. The lowest BCUT2D eigenvalue weighted by molar-refractivity contribution is -0.141. The fraction of sp³-hybridized carbons (Fsp3) is 0.700. The van der Waals surface area contributed by atoms with E-state index in [1.54, 1.807) is 0 Å². The Hall–Kier alpha value is -1.04. The molecular formula is C10H16F3N3. The van der Waals surface area contributed by atoms with Crippen LogP contribution in [0, 0.1) is 0 Å². The molecule has 0 radical (unpaired) electrons. The highest BCUT2D eigenvalue weighted by atomic mass is 19.4. The van der Waals surface area contributed by atoms with Gasteiger partial charge in [0.05, 0.1) is 6.04 Å². The largest absolute Gasteiger partial charge is 0.435 e. The number of nitrogens with zero attached hydrogens (tertiary/aromatic N) is 2. The van der Waals surface area contributed by atoms with Crippen molar-refractivity contribution in [1.82, 2.24) is 15.1 Å². The molecule has 92 valence electrons. The Balaban J connectivity index is 2.56. The number of aromatic nitrogens is 2. The predicted octanol–water partition coefficient (Wildman–Crippen LogP) is 2.46. The monoisotopic (exact) mass is 235 g/mol. The summed E-state index contributed by atoms with van der Waals surface area (Å²) in [5.74, 6) is 0. The summed E-state index contributed by atoms with van der Waals surface area (Å²) in [6.45, 7) is 5.48. The summed E-state index contributed by atoms with van der Waals surface area (Å²) >= 11 is 0. The molecule has 6 heteroatoms. The van der Waals surface area contributed by atoms with Crippen molar-refractivity contribution in [2.75, 3.05) is 13.1 Å². The van der Waals surface area contributed by atoms with Crippen molar-refractivity contribution >= 4 is 0 Å². The lowest BCUT2D eigenvalue weighted by Gasteiger charge is -2.12. The summed E-state index contributed by atoms with van der Waals surface area (Å²) in [7, 11) is 0. The third-order valence-electron chi connectivity index (χ3n) is 2.34. The van der Waals surface area contributed by atoms with Crippen LogP contribution in [-0.2, 0) is 6.18 Å². The van der Waals surface area contributed by atoms with Crippen LogP contribution in [0.3, 0.4) is 0 Å². The second kappa shape index (κ2) is 5.34. The van der Waals surface area contributed by atoms with Crippen molar-refractivity contribution in [2.24, 2.45) is 0 Å². The number of hydrogen-bond donors (Lipinski definition) is 1. The Kier molecular flexibility index (Phi) is 4.35. The van der Waals surface area contributed by atoms with Gasteiger partial charge in [-0.05, 0) is 32.5 Å². The van der Waals surface area contributed by atoms with Crippen LogP contribution in [0.5, 0.6) is 0 Å². The zero-order valence-corrected chi connectivity index (χ0v) is 9.38. The highest BCUT2D eigenvalue weighted by Crippen LogP contribution is 2.27. The van der Waals surface area contributed by atoms with Gasteiger partial charge >= 0.3 is 6.18 Å². The third kappa shape index (κ3) is 3.52. The molecule has 0 saturated carbocycles. The van der Waals surface area contributed by atoms with E-state index < -0.39 is 11.9 Å². The molecule has 1 aromatic heterocycles. The average Bonchev–Trinajstić information content (AvgIpc) is 2.66. The SMILES string of the molecule is CCNCCC(C)n1ccc(C(F)(F)F)n1. The Labute approximate surface area is 92.6 Å². The maximum atomic E-state index is 12.3. The first-order valence-corrected chi connectivity index (χ1v) is 5.28. The van der Waals surface area contributed by atoms with Crippen molar-refractivity contribution in [2.45, 2.75) is 32.5 Å². The van der Waals surface area contributed by atoms with Gasteiger partial charge in [-0.25, -0.2) is 0 Å². The minimum absolute atomic E-state index is 0.0323. The molecule has 0 bridgehead atoms. The van der Waals surface area contributed by atoms with Gasteiger partial charge in [-0.2, -0.15) is 18.3 Å². The maximum absolute atomic E-state index is 12.3.